The molecule has 11 heteroatoms. The lowest BCUT2D eigenvalue weighted by Crippen LogP contribution is -2.47. The van der Waals surface area contributed by atoms with Gasteiger partial charge in [-0.15, -0.1) is 11.8 Å². The molecule has 0 saturated carbocycles. The molecular weight excluding hydrogens is 479 g/mol. The van der Waals surface area contributed by atoms with Crippen LogP contribution in [0.5, 0.6) is 0 Å². The predicted molar refractivity (Wildman–Crippen MR) is 128 cm³/mol. The largest absolute Gasteiger partial charge is 0.374 e. The second-order valence-corrected chi connectivity index (χ2v) is 10.2. The molecule has 168 valence electrons. The first-order chi connectivity index (χ1) is 14.9. The maximum Gasteiger partial charge on any atom is 0.241 e. The minimum absolute atomic E-state index is 0.0194. The summed E-state index contributed by atoms with van der Waals surface area (Å²) in [5.41, 5.74) is 6.99. The molecule has 1 aromatic rings. The molecule has 0 spiro atoms. The summed E-state index contributed by atoms with van der Waals surface area (Å²) in [5.74, 6) is -0.215. The number of hydrogen-bond acceptors (Lipinski definition) is 7. The van der Waals surface area contributed by atoms with Crippen molar-refractivity contribution in [2.75, 3.05) is 32.0 Å². The average molecular weight is 503 g/mol. The lowest BCUT2D eigenvalue weighted by Gasteiger charge is -2.33. The number of hydrogen-bond donors (Lipinski definition) is 3. The van der Waals surface area contributed by atoms with E-state index in [1.807, 2.05) is 17.5 Å². The van der Waals surface area contributed by atoms with Crippen LogP contribution in [0.15, 0.2) is 41.5 Å². The maximum atomic E-state index is 12.2. The minimum Gasteiger partial charge on any atom is -0.374 e. The summed E-state index contributed by atoms with van der Waals surface area (Å²) in [6.07, 6.45) is 2.87. The van der Waals surface area contributed by atoms with E-state index in [2.05, 4.69) is 15.5 Å². The van der Waals surface area contributed by atoms with Crippen LogP contribution < -0.4 is 16.4 Å². The Hall–Kier alpha value is -1.36. The SMILES string of the molecule is NC(=O)/C=C/C1=CSC(SCC(=O)NC[C@H]2CN(Cc3ccc(Cl)c(Cl)c3)CCO2)N1. The van der Waals surface area contributed by atoms with E-state index in [4.69, 9.17) is 33.7 Å². The van der Waals surface area contributed by atoms with Crippen molar-refractivity contribution in [3.05, 3.63) is 57.1 Å². The molecule has 2 amide bonds. The molecule has 0 aromatic heterocycles. The Labute approximate surface area is 200 Å². The molecule has 7 nitrogen and oxygen atoms in total. The molecule has 1 aromatic carbocycles. The molecule has 2 aliphatic heterocycles. The van der Waals surface area contributed by atoms with Gasteiger partial charge in [0, 0.05) is 38.0 Å². The quantitative estimate of drug-likeness (QED) is 0.446. The van der Waals surface area contributed by atoms with E-state index in [0.717, 1.165) is 30.9 Å². The summed E-state index contributed by atoms with van der Waals surface area (Å²) < 4.78 is 5.82. The van der Waals surface area contributed by atoms with E-state index in [0.29, 0.717) is 28.9 Å². The molecule has 2 atom stereocenters. The van der Waals surface area contributed by atoms with Gasteiger partial charge in [-0.2, -0.15) is 0 Å². The highest BCUT2D eigenvalue weighted by Crippen LogP contribution is 2.29. The normalized spacial score (nSPS) is 21.7. The Balaban J connectivity index is 1.34. The third kappa shape index (κ3) is 8.25. The fourth-order valence-electron chi connectivity index (χ4n) is 3.05. The third-order valence-corrected chi connectivity index (χ3v) is 7.62. The first-order valence-electron chi connectivity index (χ1n) is 9.65. The number of nitrogens with zero attached hydrogens (tertiary/aromatic N) is 1. The number of ether oxygens (including phenoxy) is 1. The van der Waals surface area contributed by atoms with Crippen LogP contribution in [0, 0.1) is 0 Å². The van der Waals surface area contributed by atoms with Crippen molar-refractivity contribution >= 4 is 58.5 Å². The van der Waals surface area contributed by atoms with Gasteiger partial charge in [0.25, 0.3) is 0 Å². The Morgan fingerprint density at radius 2 is 2.23 bits per heavy atom. The van der Waals surface area contributed by atoms with Crippen molar-refractivity contribution in [1.29, 1.82) is 0 Å². The van der Waals surface area contributed by atoms with Gasteiger partial charge in [-0.3, -0.25) is 14.5 Å². The van der Waals surface area contributed by atoms with Crippen molar-refractivity contribution in [2.24, 2.45) is 5.73 Å². The molecular formula is C20H24Cl2N4O3S2. The molecule has 0 radical (unpaired) electrons. The molecule has 1 fully saturated rings. The zero-order valence-electron chi connectivity index (χ0n) is 16.7. The number of benzene rings is 1. The molecule has 1 unspecified atom stereocenters. The van der Waals surface area contributed by atoms with Crippen molar-refractivity contribution in [2.45, 2.75) is 17.4 Å². The summed E-state index contributed by atoms with van der Waals surface area (Å²) in [6, 6.07) is 5.65. The smallest absolute Gasteiger partial charge is 0.241 e. The van der Waals surface area contributed by atoms with Crippen LogP contribution in [-0.2, 0) is 20.9 Å². The number of carbonyl (C=O) groups is 2. The predicted octanol–water partition coefficient (Wildman–Crippen LogP) is 2.55. The second-order valence-electron chi connectivity index (χ2n) is 7.01. The van der Waals surface area contributed by atoms with Gasteiger partial charge in [0.1, 0.15) is 4.71 Å². The van der Waals surface area contributed by atoms with E-state index in [-0.39, 0.29) is 16.7 Å². The van der Waals surface area contributed by atoms with Crippen LogP contribution in [0.25, 0.3) is 0 Å². The third-order valence-electron chi connectivity index (χ3n) is 4.54. The van der Waals surface area contributed by atoms with Crippen LogP contribution >= 0.6 is 46.7 Å². The Kier molecular flexibility index (Phi) is 9.43. The first-order valence-corrected chi connectivity index (χ1v) is 12.4. The number of halogens is 2. The van der Waals surface area contributed by atoms with E-state index >= 15 is 0 Å². The summed E-state index contributed by atoms with van der Waals surface area (Å²) >= 11 is 15.1. The van der Waals surface area contributed by atoms with Crippen molar-refractivity contribution in [3.8, 4) is 0 Å². The molecule has 31 heavy (non-hydrogen) atoms. The van der Waals surface area contributed by atoms with Gasteiger partial charge in [0.2, 0.25) is 11.8 Å². The van der Waals surface area contributed by atoms with Crippen molar-refractivity contribution in [1.82, 2.24) is 15.5 Å². The van der Waals surface area contributed by atoms with Crippen LogP contribution in [0.1, 0.15) is 5.56 Å². The molecule has 1 saturated heterocycles. The number of primary amides is 1. The van der Waals surface area contributed by atoms with Crippen LogP contribution in [0.3, 0.4) is 0 Å². The zero-order chi connectivity index (χ0) is 22.2. The number of carbonyl (C=O) groups excluding carboxylic acids is 2. The topological polar surface area (TPSA) is 96.7 Å². The summed E-state index contributed by atoms with van der Waals surface area (Å²) in [6.45, 7) is 3.39. The highest BCUT2D eigenvalue weighted by Gasteiger charge is 2.22. The van der Waals surface area contributed by atoms with E-state index in [1.54, 1.807) is 23.9 Å². The molecule has 3 rings (SSSR count). The van der Waals surface area contributed by atoms with Gasteiger partial charge in [0.15, 0.2) is 0 Å². The highest BCUT2D eigenvalue weighted by atomic mass is 35.5. The van der Waals surface area contributed by atoms with Gasteiger partial charge in [0.05, 0.1) is 28.5 Å². The molecule has 4 N–H and O–H groups in total. The molecule has 2 heterocycles. The lowest BCUT2D eigenvalue weighted by atomic mass is 10.2. The fraction of sp³-hybridized carbons (Fsp3) is 0.400. The number of nitrogens with one attached hydrogen (secondary N) is 2. The highest BCUT2D eigenvalue weighted by molar-refractivity contribution is 8.18. The number of thioether (sulfide) groups is 2. The monoisotopic (exact) mass is 502 g/mol. The van der Waals surface area contributed by atoms with Crippen molar-refractivity contribution in [3.63, 3.8) is 0 Å². The van der Waals surface area contributed by atoms with Gasteiger partial charge in [-0.1, -0.05) is 41.0 Å². The Morgan fingerprint density at radius 3 is 3.00 bits per heavy atom. The van der Waals surface area contributed by atoms with Gasteiger partial charge >= 0.3 is 0 Å². The van der Waals surface area contributed by atoms with Gasteiger partial charge in [-0.05, 0) is 29.2 Å². The van der Waals surface area contributed by atoms with Crippen LogP contribution in [0.2, 0.25) is 10.0 Å². The summed E-state index contributed by atoms with van der Waals surface area (Å²) in [4.78, 5) is 25.3. The Morgan fingerprint density at radius 1 is 1.39 bits per heavy atom. The first kappa shape index (κ1) is 24.3. The average Bonchev–Trinajstić information content (AvgIpc) is 3.20. The molecule has 0 aliphatic carbocycles. The number of rotatable bonds is 9. The van der Waals surface area contributed by atoms with E-state index in [9.17, 15) is 9.59 Å². The van der Waals surface area contributed by atoms with Crippen LogP contribution in [0.4, 0.5) is 0 Å². The lowest BCUT2D eigenvalue weighted by molar-refractivity contribution is -0.119. The Bertz CT molecular complexity index is 869. The standard InChI is InChI=1S/C20H24Cl2N4O3S2/c21-16-3-1-13(7-17(16)22)9-26-5-6-29-15(10-26)8-24-19(28)12-31-20-25-14(11-30-20)2-4-18(23)27/h1-4,7,11,15,20,25H,5-6,8-10,12H2,(H2,23,27)(H,24,28)/b4-2+/t15-,20?/m0/s1. The summed E-state index contributed by atoms with van der Waals surface area (Å²) in [7, 11) is 0. The zero-order valence-corrected chi connectivity index (χ0v) is 19.8. The van der Waals surface area contributed by atoms with E-state index < -0.39 is 5.91 Å². The molecule has 0 bridgehead atoms. The maximum absolute atomic E-state index is 12.2. The van der Waals surface area contributed by atoms with Gasteiger partial charge < -0.3 is 21.1 Å². The van der Waals surface area contributed by atoms with Crippen LogP contribution in [-0.4, -0.2) is 59.5 Å². The minimum atomic E-state index is -0.497. The number of amides is 2. The van der Waals surface area contributed by atoms with E-state index in [1.165, 1.54) is 17.8 Å². The fourth-order valence-corrected chi connectivity index (χ4v) is 5.30. The molecule has 2 aliphatic rings. The number of allylic oxidation sites excluding steroid dienone is 1. The summed E-state index contributed by atoms with van der Waals surface area (Å²) in [5, 5.41) is 9.15. The van der Waals surface area contributed by atoms with Crippen molar-refractivity contribution < 1.29 is 14.3 Å². The number of nitrogens with two attached hydrogens (primary N) is 1. The second kappa shape index (κ2) is 12.0. The van der Waals surface area contributed by atoms with Gasteiger partial charge in [-0.25, -0.2) is 0 Å². The number of morpholine rings is 1.